The molecule has 1 aromatic carbocycles. The Labute approximate surface area is 103 Å². The number of anilines is 2. The van der Waals surface area contributed by atoms with Crippen LogP contribution in [0, 0.1) is 0 Å². The average Bonchev–Trinajstić information content (AvgIpc) is 2.36. The van der Waals surface area contributed by atoms with Gasteiger partial charge in [-0.3, -0.25) is 0 Å². The first-order chi connectivity index (χ1) is 8.26. The molecule has 2 amide bonds. The third kappa shape index (κ3) is 5.24. The fourth-order valence-corrected chi connectivity index (χ4v) is 1.47. The zero-order valence-electron chi connectivity index (χ0n) is 10.5. The standard InChI is InChI=1S/C13H21N3O/c1-3-4-5-10-15-11-6-8-12(9-7-11)16-13(17)14-2/h6-9,15H,3-5,10H2,1-2H3,(H2,14,16,17). The van der Waals surface area contributed by atoms with Crippen LogP contribution in [0.25, 0.3) is 0 Å². The lowest BCUT2D eigenvalue weighted by atomic mass is 10.2. The van der Waals surface area contributed by atoms with Gasteiger partial charge in [0.25, 0.3) is 0 Å². The number of urea groups is 1. The van der Waals surface area contributed by atoms with E-state index >= 15 is 0 Å². The second kappa shape index (κ2) is 7.54. The highest BCUT2D eigenvalue weighted by Gasteiger charge is 1.98. The Morgan fingerprint density at radius 2 is 1.76 bits per heavy atom. The Morgan fingerprint density at radius 3 is 2.35 bits per heavy atom. The summed E-state index contributed by atoms with van der Waals surface area (Å²) in [6, 6.07) is 7.51. The largest absolute Gasteiger partial charge is 0.385 e. The van der Waals surface area contributed by atoms with Gasteiger partial charge in [-0.05, 0) is 30.7 Å². The van der Waals surface area contributed by atoms with Crippen LogP contribution in [0.4, 0.5) is 16.2 Å². The van der Waals surface area contributed by atoms with E-state index < -0.39 is 0 Å². The van der Waals surface area contributed by atoms with E-state index in [4.69, 9.17) is 0 Å². The minimum absolute atomic E-state index is 0.200. The maximum absolute atomic E-state index is 11.1. The Kier molecular flexibility index (Phi) is 5.93. The molecule has 0 saturated carbocycles. The molecular weight excluding hydrogens is 214 g/mol. The predicted molar refractivity (Wildman–Crippen MR) is 72.5 cm³/mol. The van der Waals surface area contributed by atoms with E-state index in [2.05, 4.69) is 22.9 Å². The van der Waals surface area contributed by atoms with Crippen LogP contribution in [0.1, 0.15) is 26.2 Å². The van der Waals surface area contributed by atoms with Gasteiger partial charge < -0.3 is 16.0 Å². The Morgan fingerprint density at radius 1 is 1.12 bits per heavy atom. The molecule has 17 heavy (non-hydrogen) atoms. The van der Waals surface area contributed by atoms with Crippen LogP contribution in [0.3, 0.4) is 0 Å². The van der Waals surface area contributed by atoms with E-state index in [0.717, 1.165) is 17.9 Å². The van der Waals surface area contributed by atoms with Gasteiger partial charge in [0.15, 0.2) is 0 Å². The summed E-state index contributed by atoms with van der Waals surface area (Å²) in [6.07, 6.45) is 3.68. The first-order valence-corrected chi connectivity index (χ1v) is 6.09. The molecule has 0 atom stereocenters. The van der Waals surface area contributed by atoms with Crippen LogP contribution in [0.2, 0.25) is 0 Å². The van der Waals surface area contributed by atoms with E-state index in [1.807, 2.05) is 24.3 Å². The van der Waals surface area contributed by atoms with E-state index in [-0.39, 0.29) is 6.03 Å². The lowest BCUT2D eigenvalue weighted by Gasteiger charge is -2.08. The van der Waals surface area contributed by atoms with E-state index in [9.17, 15) is 4.79 Å². The topological polar surface area (TPSA) is 53.2 Å². The summed E-state index contributed by atoms with van der Waals surface area (Å²) >= 11 is 0. The van der Waals surface area contributed by atoms with E-state index in [1.165, 1.54) is 19.3 Å². The summed E-state index contributed by atoms with van der Waals surface area (Å²) in [7, 11) is 1.60. The van der Waals surface area contributed by atoms with Crippen molar-refractivity contribution in [3.05, 3.63) is 24.3 Å². The number of benzene rings is 1. The second-order valence-electron chi connectivity index (χ2n) is 3.92. The molecule has 0 aliphatic rings. The number of unbranched alkanes of at least 4 members (excludes halogenated alkanes) is 2. The molecule has 3 N–H and O–H groups in total. The Balaban J connectivity index is 2.36. The van der Waals surface area contributed by atoms with E-state index in [1.54, 1.807) is 7.05 Å². The predicted octanol–water partition coefficient (Wildman–Crippen LogP) is 3.04. The SMILES string of the molecule is CCCCCNc1ccc(NC(=O)NC)cc1. The highest BCUT2D eigenvalue weighted by molar-refractivity contribution is 5.89. The molecule has 0 fully saturated rings. The van der Waals surface area contributed by atoms with Crippen molar-refractivity contribution in [2.45, 2.75) is 26.2 Å². The summed E-state index contributed by atoms with van der Waals surface area (Å²) in [6.45, 7) is 3.19. The number of rotatable bonds is 6. The number of amides is 2. The molecule has 0 aliphatic heterocycles. The molecule has 0 heterocycles. The first kappa shape index (κ1) is 13.4. The molecule has 94 valence electrons. The van der Waals surface area contributed by atoms with Gasteiger partial charge in [-0.25, -0.2) is 4.79 Å². The third-order valence-corrected chi connectivity index (χ3v) is 2.48. The van der Waals surface area contributed by atoms with Gasteiger partial charge in [0.2, 0.25) is 0 Å². The number of hydrogen-bond donors (Lipinski definition) is 3. The number of hydrogen-bond acceptors (Lipinski definition) is 2. The molecule has 0 aliphatic carbocycles. The van der Waals surface area contributed by atoms with Gasteiger partial charge in [0.1, 0.15) is 0 Å². The first-order valence-electron chi connectivity index (χ1n) is 6.09. The summed E-state index contributed by atoms with van der Waals surface area (Å²) in [4.78, 5) is 11.1. The van der Waals surface area contributed by atoms with Gasteiger partial charge in [-0.15, -0.1) is 0 Å². The highest BCUT2D eigenvalue weighted by atomic mass is 16.2. The molecule has 0 radical (unpaired) electrons. The monoisotopic (exact) mass is 235 g/mol. The minimum Gasteiger partial charge on any atom is -0.385 e. The van der Waals surface area contributed by atoms with Gasteiger partial charge >= 0.3 is 6.03 Å². The van der Waals surface area contributed by atoms with Crippen molar-refractivity contribution in [1.29, 1.82) is 0 Å². The summed E-state index contributed by atoms with van der Waals surface area (Å²) in [5.41, 5.74) is 1.88. The number of carbonyl (C=O) groups is 1. The lowest BCUT2D eigenvalue weighted by Crippen LogP contribution is -2.24. The molecular formula is C13H21N3O. The summed E-state index contributed by atoms with van der Waals surface area (Å²) in [5, 5.41) is 8.57. The molecule has 0 spiro atoms. The average molecular weight is 235 g/mol. The number of carbonyl (C=O) groups excluding carboxylic acids is 1. The van der Waals surface area contributed by atoms with Crippen molar-refractivity contribution in [1.82, 2.24) is 5.32 Å². The van der Waals surface area contributed by atoms with Crippen LogP contribution < -0.4 is 16.0 Å². The van der Waals surface area contributed by atoms with Crippen molar-refractivity contribution < 1.29 is 4.79 Å². The molecule has 1 aromatic rings. The van der Waals surface area contributed by atoms with E-state index in [0.29, 0.717) is 0 Å². The maximum Gasteiger partial charge on any atom is 0.318 e. The zero-order chi connectivity index (χ0) is 12.5. The van der Waals surface area contributed by atoms with Gasteiger partial charge in [0.05, 0.1) is 0 Å². The smallest absolute Gasteiger partial charge is 0.318 e. The van der Waals surface area contributed by atoms with Crippen molar-refractivity contribution in [3.8, 4) is 0 Å². The van der Waals surface area contributed by atoms with Crippen molar-refractivity contribution in [3.63, 3.8) is 0 Å². The quantitative estimate of drug-likeness (QED) is 0.664. The molecule has 0 bridgehead atoms. The second-order valence-corrected chi connectivity index (χ2v) is 3.92. The Hall–Kier alpha value is -1.71. The van der Waals surface area contributed by atoms with Crippen LogP contribution in [0.15, 0.2) is 24.3 Å². The minimum atomic E-state index is -0.200. The molecule has 0 saturated heterocycles. The molecule has 1 rings (SSSR count). The summed E-state index contributed by atoms with van der Waals surface area (Å²) < 4.78 is 0. The van der Waals surface area contributed by atoms with Gasteiger partial charge in [-0.2, -0.15) is 0 Å². The van der Waals surface area contributed by atoms with Crippen molar-refractivity contribution >= 4 is 17.4 Å². The highest BCUT2D eigenvalue weighted by Crippen LogP contribution is 2.13. The molecule has 4 nitrogen and oxygen atoms in total. The van der Waals surface area contributed by atoms with Crippen molar-refractivity contribution in [2.24, 2.45) is 0 Å². The number of nitrogens with one attached hydrogen (secondary N) is 3. The fourth-order valence-electron chi connectivity index (χ4n) is 1.47. The third-order valence-electron chi connectivity index (χ3n) is 2.48. The molecule has 4 heteroatoms. The van der Waals surface area contributed by atoms with Crippen molar-refractivity contribution in [2.75, 3.05) is 24.2 Å². The maximum atomic E-state index is 11.1. The molecule has 0 unspecified atom stereocenters. The normalized spacial score (nSPS) is 9.76. The van der Waals surface area contributed by atoms with Gasteiger partial charge in [0, 0.05) is 25.0 Å². The van der Waals surface area contributed by atoms with Gasteiger partial charge in [-0.1, -0.05) is 19.8 Å². The van der Waals surface area contributed by atoms with Crippen LogP contribution >= 0.6 is 0 Å². The Bertz CT molecular complexity index is 335. The fraction of sp³-hybridized carbons (Fsp3) is 0.462. The van der Waals surface area contributed by atoms with Crippen LogP contribution in [-0.4, -0.2) is 19.6 Å². The van der Waals surface area contributed by atoms with Crippen LogP contribution in [-0.2, 0) is 0 Å². The summed E-state index contributed by atoms with van der Waals surface area (Å²) in [5.74, 6) is 0. The molecule has 0 aromatic heterocycles. The lowest BCUT2D eigenvalue weighted by molar-refractivity contribution is 0.254. The zero-order valence-corrected chi connectivity index (χ0v) is 10.5. The van der Waals surface area contributed by atoms with Crippen LogP contribution in [0.5, 0.6) is 0 Å².